The Labute approximate surface area is 217 Å². The number of rotatable bonds is 17. The van der Waals surface area contributed by atoms with Gasteiger partial charge in [-0.15, -0.1) is 0 Å². The largest absolute Gasteiger partial charge is 0.382 e. The summed E-state index contributed by atoms with van der Waals surface area (Å²) >= 11 is 0. The Kier molecular flexibility index (Phi) is 11.7. The van der Waals surface area contributed by atoms with Gasteiger partial charge in [-0.2, -0.15) is 0 Å². The number of carbonyl (C=O) groups excluding carboxylic acids is 4. The van der Waals surface area contributed by atoms with Crippen LogP contribution >= 0.6 is 0 Å². The first-order valence-electron chi connectivity index (χ1n) is 12.5. The molecule has 1 aromatic rings. The van der Waals surface area contributed by atoms with Gasteiger partial charge in [0, 0.05) is 32.3 Å². The van der Waals surface area contributed by atoms with Crippen LogP contribution in [0.25, 0.3) is 0 Å². The Morgan fingerprint density at radius 2 is 1.57 bits per heavy atom. The zero-order valence-corrected chi connectivity index (χ0v) is 22.5. The number of ketones is 1. The zero-order valence-electron chi connectivity index (χ0n) is 22.5. The van der Waals surface area contributed by atoms with E-state index in [2.05, 4.69) is 21.1 Å². The van der Waals surface area contributed by atoms with E-state index < -0.39 is 41.3 Å². The molecule has 12 heteroatoms. The molecule has 1 fully saturated rings. The van der Waals surface area contributed by atoms with Crippen molar-refractivity contribution in [3.05, 3.63) is 17.5 Å². The molecule has 1 aliphatic carbocycles. The molecule has 12 nitrogen and oxygen atoms in total. The maximum absolute atomic E-state index is 13.1. The first kappa shape index (κ1) is 30.4. The van der Waals surface area contributed by atoms with Crippen molar-refractivity contribution in [2.24, 2.45) is 11.3 Å². The minimum absolute atomic E-state index is 0.00196. The summed E-state index contributed by atoms with van der Waals surface area (Å²) in [5.74, 6) is -1.32. The molecule has 0 radical (unpaired) electrons. The van der Waals surface area contributed by atoms with E-state index >= 15 is 0 Å². The number of hydrogen-bond donors (Lipinski definition) is 3. The van der Waals surface area contributed by atoms with E-state index in [0.29, 0.717) is 18.8 Å². The second kappa shape index (κ2) is 14.2. The van der Waals surface area contributed by atoms with E-state index in [-0.39, 0.29) is 37.2 Å². The van der Waals surface area contributed by atoms with Gasteiger partial charge in [-0.1, -0.05) is 25.9 Å². The lowest BCUT2D eigenvalue weighted by Gasteiger charge is -2.26. The summed E-state index contributed by atoms with van der Waals surface area (Å²) in [4.78, 5) is 51.8. The Hall–Kier alpha value is -2.83. The Morgan fingerprint density at radius 1 is 1.00 bits per heavy atom. The quantitative estimate of drug-likeness (QED) is 0.270. The van der Waals surface area contributed by atoms with Gasteiger partial charge in [0.25, 0.3) is 5.91 Å². The summed E-state index contributed by atoms with van der Waals surface area (Å²) in [5.41, 5.74) is -0.442. The number of carbonyl (C=O) groups is 4. The first-order chi connectivity index (χ1) is 17.5. The van der Waals surface area contributed by atoms with E-state index in [1.165, 1.54) is 20.3 Å². The number of amides is 3. The van der Waals surface area contributed by atoms with Crippen LogP contribution in [0.3, 0.4) is 0 Å². The van der Waals surface area contributed by atoms with Crippen molar-refractivity contribution in [3.8, 4) is 0 Å². The maximum atomic E-state index is 13.1. The fourth-order valence-corrected chi connectivity index (χ4v) is 3.72. The van der Waals surface area contributed by atoms with E-state index in [0.717, 1.165) is 12.8 Å². The third-order valence-electron chi connectivity index (χ3n) is 6.10. The fraction of sp³-hybridized carbons (Fsp3) is 0.720. The van der Waals surface area contributed by atoms with Crippen molar-refractivity contribution >= 4 is 23.5 Å². The summed E-state index contributed by atoms with van der Waals surface area (Å²) in [6, 6.07) is -1.47. The molecule has 0 aromatic carbocycles. The molecule has 0 bridgehead atoms. The molecule has 1 aromatic heterocycles. The predicted octanol–water partition coefficient (Wildman–Crippen LogP) is 0.987. The van der Waals surface area contributed by atoms with Gasteiger partial charge < -0.3 is 34.7 Å². The van der Waals surface area contributed by atoms with Crippen LogP contribution in [0.15, 0.2) is 10.6 Å². The van der Waals surface area contributed by atoms with Crippen LogP contribution in [0.2, 0.25) is 0 Å². The van der Waals surface area contributed by atoms with E-state index in [1.807, 2.05) is 27.7 Å². The standard InChI is InChI=1S/C25H40N4O8/c1-7-36-12-16-11-18(29-37-16)22(31)27-20(14-35-6)24(33)28-19(13-34-5)23(32)26-17(10-15(2)3)21(30)25(4)8-9-25/h11,15,17,19-20H,7-10,12-14H2,1-6H3,(H,26,32)(H,27,31)(H,28,33)/t17-,19-,20-/m0/s1. The molecule has 0 saturated heterocycles. The number of nitrogens with one attached hydrogen (secondary N) is 3. The lowest BCUT2D eigenvalue weighted by molar-refractivity contribution is -0.134. The van der Waals surface area contributed by atoms with Crippen molar-refractivity contribution in [3.63, 3.8) is 0 Å². The number of Topliss-reactive ketones (excluding diaryl/α,β-unsaturated/α-hetero) is 1. The lowest BCUT2D eigenvalue weighted by atomic mass is 9.91. The minimum Gasteiger partial charge on any atom is -0.382 e. The van der Waals surface area contributed by atoms with Crippen LogP contribution in [0, 0.1) is 11.3 Å². The summed E-state index contributed by atoms with van der Waals surface area (Å²) in [6.07, 6.45) is 2.08. The second-order valence-electron chi connectivity index (χ2n) is 9.93. The van der Waals surface area contributed by atoms with Gasteiger partial charge in [0.15, 0.2) is 17.2 Å². The maximum Gasteiger partial charge on any atom is 0.274 e. The normalized spacial score (nSPS) is 16.5. The van der Waals surface area contributed by atoms with Gasteiger partial charge in [0.1, 0.15) is 18.7 Å². The van der Waals surface area contributed by atoms with Crippen molar-refractivity contribution in [2.45, 2.75) is 71.7 Å². The van der Waals surface area contributed by atoms with Crippen molar-refractivity contribution in [1.82, 2.24) is 21.1 Å². The van der Waals surface area contributed by atoms with Crippen LogP contribution in [0.5, 0.6) is 0 Å². The van der Waals surface area contributed by atoms with Crippen LogP contribution < -0.4 is 16.0 Å². The minimum atomic E-state index is -1.13. The first-order valence-corrected chi connectivity index (χ1v) is 12.5. The smallest absolute Gasteiger partial charge is 0.274 e. The van der Waals surface area contributed by atoms with E-state index in [1.54, 1.807) is 0 Å². The Bertz CT molecular complexity index is 928. The molecule has 3 atom stereocenters. The molecular weight excluding hydrogens is 484 g/mol. The van der Waals surface area contributed by atoms with Gasteiger partial charge in [-0.05, 0) is 32.1 Å². The summed E-state index contributed by atoms with van der Waals surface area (Å²) in [5, 5.41) is 11.6. The van der Waals surface area contributed by atoms with Crippen LogP contribution in [0.4, 0.5) is 0 Å². The average molecular weight is 525 g/mol. The average Bonchev–Trinajstić information content (AvgIpc) is 3.42. The van der Waals surface area contributed by atoms with Crippen LogP contribution in [0.1, 0.15) is 63.2 Å². The molecule has 208 valence electrons. The number of methoxy groups -OCH3 is 2. The number of hydrogen-bond acceptors (Lipinski definition) is 9. The molecule has 3 N–H and O–H groups in total. The van der Waals surface area contributed by atoms with Crippen molar-refractivity contribution < 1.29 is 37.9 Å². The predicted molar refractivity (Wildman–Crippen MR) is 133 cm³/mol. The van der Waals surface area contributed by atoms with Crippen LogP contribution in [-0.2, 0) is 35.2 Å². The summed E-state index contributed by atoms with van der Waals surface area (Å²) < 4.78 is 20.5. The molecule has 0 aliphatic heterocycles. The SMILES string of the molecule is CCOCc1cc(C(=O)N[C@@H](COC)C(=O)N[C@@H](COC)C(=O)N[C@@H](CC(C)C)C(=O)C2(C)CC2)no1. The Balaban J connectivity index is 2.06. The fourth-order valence-electron chi connectivity index (χ4n) is 3.72. The number of aromatic nitrogens is 1. The molecule has 0 spiro atoms. The van der Waals surface area contributed by atoms with Crippen molar-refractivity contribution in [2.75, 3.05) is 34.0 Å². The van der Waals surface area contributed by atoms with Crippen LogP contribution in [-0.4, -0.2) is 80.8 Å². The highest BCUT2D eigenvalue weighted by molar-refractivity contribution is 5.98. The molecule has 0 unspecified atom stereocenters. The summed E-state index contributed by atoms with van der Waals surface area (Å²) in [6.45, 7) is 8.02. The monoisotopic (exact) mass is 524 g/mol. The molecule has 1 saturated carbocycles. The topological polar surface area (TPSA) is 158 Å². The highest BCUT2D eigenvalue weighted by atomic mass is 16.5. The lowest BCUT2D eigenvalue weighted by Crippen LogP contribution is -2.58. The third kappa shape index (κ3) is 9.20. The second-order valence-corrected chi connectivity index (χ2v) is 9.93. The molecule has 2 rings (SSSR count). The van der Waals surface area contributed by atoms with Crippen molar-refractivity contribution in [1.29, 1.82) is 0 Å². The number of ether oxygens (including phenoxy) is 3. The number of nitrogens with zero attached hydrogens (tertiary/aromatic N) is 1. The Morgan fingerprint density at radius 3 is 2.08 bits per heavy atom. The molecular formula is C25H40N4O8. The van der Waals surface area contributed by atoms with Gasteiger partial charge in [-0.3, -0.25) is 19.2 Å². The summed E-state index contributed by atoms with van der Waals surface area (Å²) in [7, 11) is 2.77. The molecule has 37 heavy (non-hydrogen) atoms. The molecule has 3 amide bonds. The molecule has 1 aliphatic rings. The van der Waals surface area contributed by atoms with E-state index in [4.69, 9.17) is 18.7 Å². The van der Waals surface area contributed by atoms with Gasteiger partial charge in [0.05, 0.1) is 19.3 Å². The highest BCUT2D eigenvalue weighted by Gasteiger charge is 2.48. The van der Waals surface area contributed by atoms with Gasteiger partial charge in [-0.25, -0.2) is 0 Å². The molecule has 1 heterocycles. The van der Waals surface area contributed by atoms with E-state index in [9.17, 15) is 19.2 Å². The van der Waals surface area contributed by atoms with Gasteiger partial charge >= 0.3 is 0 Å². The van der Waals surface area contributed by atoms with Gasteiger partial charge in [0.2, 0.25) is 11.8 Å². The third-order valence-corrected chi connectivity index (χ3v) is 6.10. The highest BCUT2D eigenvalue weighted by Crippen LogP contribution is 2.47. The zero-order chi connectivity index (χ0) is 27.6.